The van der Waals surface area contributed by atoms with Crippen molar-refractivity contribution >= 4 is 22.9 Å². The summed E-state index contributed by atoms with van der Waals surface area (Å²) in [6, 6.07) is 17.9. The summed E-state index contributed by atoms with van der Waals surface area (Å²) in [5.74, 6) is -0.504. The highest BCUT2D eigenvalue weighted by atomic mass is 32.2. The van der Waals surface area contributed by atoms with Crippen LogP contribution in [0.25, 0.3) is 0 Å². The Morgan fingerprint density at radius 3 is 2.47 bits per heavy atom. The molecule has 1 atom stereocenters. The van der Waals surface area contributed by atoms with Crippen molar-refractivity contribution in [2.45, 2.75) is 33.4 Å². The number of pyridine rings is 1. The van der Waals surface area contributed by atoms with Gasteiger partial charge in [0, 0.05) is 25.4 Å². The Bertz CT molecular complexity index is 1230. The van der Waals surface area contributed by atoms with Gasteiger partial charge in [-0.25, -0.2) is 4.21 Å². The number of amides is 1. The summed E-state index contributed by atoms with van der Waals surface area (Å²) in [5.41, 5.74) is 2.20. The van der Waals surface area contributed by atoms with E-state index in [0.29, 0.717) is 17.9 Å². The quantitative estimate of drug-likeness (QED) is 0.430. The lowest BCUT2D eigenvalue weighted by atomic mass is 10.2. The first kappa shape index (κ1) is 25.2. The number of ether oxygens (including phenoxy) is 1. The van der Waals surface area contributed by atoms with E-state index in [0.717, 1.165) is 17.5 Å². The standard InChI is InChI=1S/C25H29N3O5S/c1-4-14-26-25(30)23-24(33-17-19-11-6-5-7-12-19)22(29)15-20(27(23)3)16-28(34(31)32)21-13-9-8-10-18(21)2/h5-13,15H,4,14,16-17H2,1-3H3,(H,26,30)(H,31,32). The fraction of sp³-hybridized carbons (Fsp3) is 0.280. The molecule has 2 N–H and O–H groups in total. The molecule has 1 amide bonds. The minimum atomic E-state index is -2.35. The summed E-state index contributed by atoms with van der Waals surface area (Å²) in [6.07, 6.45) is 0.726. The third kappa shape index (κ3) is 5.92. The van der Waals surface area contributed by atoms with E-state index in [1.54, 1.807) is 23.7 Å². The number of carbonyl (C=O) groups excluding carboxylic acids is 1. The summed E-state index contributed by atoms with van der Waals surface area (Å²) < 4.78 is 30.8. The van der Waals surface area contributed by atoms with Crippen LogP contribution in [0.15, 0.2) is 65.5 Å². The average Bonchev–Trinajstić information content (AvgIpc) is 2.82. The lowest BCUT2D eigenvalue weighted by Crippen LogP contribution is -2.33. The number of nitrogens with zero attached hydrogens (tertiary/aromatic N) is 2. The smallest absolute Gasteiger partial charge is 0.271 e. The molecule has 0 saturated heterocycles. The Kier molecular flexibility index (Phi) is 8.61. The van der Waals surface area contributed by atoms with E-state index in [1.165, 1.54) is 10.4 Å². The summed E-state index contributed by atoms with van der Waals surface area (Å²) >= 11 is -2.35. The molecule has 180 valence electrons. The first-order chi connectivity index (χ1) is 16.3. The van der Waals surface area contributed by atoms with Crippen molar-refractivity contribution in [2.24, 2.45) is 7.05 Å². The zero-order chi connectivity index (χ0) is 24.7. The number of benzene rings is 2. The van der Waals surface area contributed by atoms with Gasteiger partial charge < -0.3 is 14.6 Å². The second-order valence-corrected chi connectivity index (χ2v) is 8.72. The predicted molar refractivity (Wildman–Crippen MR) is 133 cm³/mol. The Labute approximate surface area is 201 Å². The molecular weight excluding hydrogens is 454 g/mol. The van der Waals surface area contributed by atoms with Gasteiger partial charge in [-0.2, -0.15) is 0 Å². The van der Waals surface area contributed by atoms with Crippen molar-refractivity contribution in [3.8, 4) is 5.75 Å². The molecular formula is C25H29N3O5S. The van der Waals surface area contributed by atoms with Crippen molar-refractivity contribution in [3.63, 3.8) is 0 Å². The number of rotatable bonds is 10. The minimum Gasteiger partial charge on any atom is -0.483 e. The Hall–Kier alpha value is -3.43. The molecule has 1 aromatic heterocycles. The first-order valence-electron chi connectivity index (χ1n) is 11.0. The second-order valence-electron chi connectivity index (χ2n) is 7.82. The molecule has 34 heavy (non-hydrogen) atoms. The zero-order valence-corrected chi connectivity index (χ0v) is 20.3. The maximum Gasteiger partial charge on any atom is 0.271 e. The number of carbonyl (C=O) groups is 1. The van der Waals surface area contributed by atoms with Crippen molar-refractivity contribution in [1.82, 2.24) is 9.88 Å². The molecule has 0 spiro atoms. The average molecular weight is 484 g/mol. The molecule has 0 aliphatic carbocycles. The van der Waals surface area contributed by atoms with Crippen molar-refractivity contribution in [3.05, 3.63) is 93.4 Å². The van der Waals surface area contributed by atoms with Crippen LogP contribution in [0.2, 0.25) is 0 Å². The van der Waals surface area contributed by atoms with E-state index in [-0.39, 0.29) is 24.6 Å². The van der Waals surface area contributed by atoms with Crippen LogP contribution in [0.4, 0.5) is 5.69 Å². The Morgan fingerprint density at radius 1 is 1.15 bits per heavy atom. The molecule has 3 rings (SSSR count). The highest BCUT2D eigenvalue weighted by molar-refractivity contribution is 7.80. The molecule has 0 fully saturated rings. The SMILES string of the molecule is CCCNC(=O)c1c(OCc2ccccc2)c(=O)cc(CN(c2ccccc2C)S(=O)O)n1C. The van der Waals surface area contributed by atoms with Crippen LogP contribution in [0, 0.1) is 6.92 Å². The van der Waals surface area contributed by atoms with Crippen LogP contribution in [0.5, 0.6) is 5.75 Å². The van der Waals surface area contributed by atoms with Crippen molar-refractivity contribution in [1.29, 1.82) is 0 Å². The number of aromatic nitrogens is 1. The first-order valence-corrected chi connectivity index (χ1v) is 12.0. The largest absolute Gasteiger partial charge is 0.483 e. The van der Waals surface area contributed by atoms with E-state index < -0.39 is 22.6 Å². The normalized spacial score (nSPS) is 11.6. The van der Waals surface area contributed by atoms with Gasteiger partial charge in [0.25, 0.3) is 17.2 Å². The number of hydrogen-bond donors (Lipinski definition) is 2. The number of nitrogens with one attached hydrogen (secondary N) is 1. The van der Waals surface area contributed by atoms with Gasteiger partial charge >= 0.3 is 0 Å². The number of hydrogen-bond acceptors (Lipinski definition) is 4. The van der Waals surface area contributed by atoms with E-state index in [1.807, 2.05) is 56.3 Å². The topological polar surface area (TPSA) is 101 Å². The molecule has 8 nitrogen and oxygen atoms in total. The Balaban J connectivity index is 2.04. The fourth-order valence-corrected chi connectivity index (χ4v) is 4.16. The van der Waals surface area contributed by atoms with Gasteiger partial charge in [0.2, 0.25) is 5.43 Å². The molecule has 0 aliphatic rings. The van der Waals surface area contributed by atoms with Gasteiger partial charge in [0.15, 0.2) is 11.4 Å². The van der Waals surface area contributed by atoms with Crippen molar-refractivity contribution < 1.29 is 18.3 Å². The third-order valence-corrected chi connectivity index (χ3v) is 6.06. The van der Waals surface area contributed by atoms with Crippen LogP contribution < -0.4 is 19.8 Å². The minimum absolute atomic E-state index is 0.0590. The van der Waals surface area contributed by atoms with Crippen LogP contribution in [0.3, 0.4) is 0 Å². The second kappa shape index (κ2) is 11.6. The summed E-state index contributed by atoms with van der Waals surface area (Å²) in [4.78, 5) is 26.1. The molecule has 3 aromatic rings. The van der Waals surface area contributed by atoms with Gasteiger partial charge in [-0.05, 0) is 30.5 Å². The van der Waals surface area contributed by atoms with Gasteiger partial charge in [-0.3, -0.25) is 18.4 Å². The van der Waals surface area contributed by atoms with Crippen LogP contribution in [-0.2, 0) is 31.5 Å². The zero-order valence-electron chi connectivity index (χ0n) is 19.5. The van der Waals surface area contributed by atoms with E-state index in [4.69, 9.17) is 4.74 Å². The van der Waals surface area contributed by atoms with Crippen molar-refractivity contribution in [2.75, 3.05) is 10.8 Å². The van der Waals surface area contributed by atoms with Gasteiger partial charge in [-0.15, -0.1) is 0 Å². The molecule has 1 unspecified atom stereocenters. The highest BCUT2D eigenvalue weighted by Crippen LogP contribution is 2.24. The summed E-state index contributed by atoms with van der Waals surface area (Å²) in [6.45, 7) is 4.26. The molecule has 1 heterocycles. The summed E-state index contributed by atoms with van der Waals surface area (Å²) in [7, 11) is 1.64. The summed E-state index contributed by atoms with van der Waals surface area (Å²) in [5, 5.41) is 2.80. The number of para-hydroxylation sites is 1. The maximum atomic E-state index is 13.1. The van der Waals surface area contributed by atoms with E-state index in [9.17, 15) is 18.4 Å². The molecule has 2 aromatic carbocycles. The van der Waals surface area contributed by atoms with Crippen LogP contribution in [0.1, 0.15) is 40.7 Å². The molecule has 9 heteroatoms. The molecule has 0 bridgehead atoms. The predicted octanol–water partition coefficient (Wildman–Crippen LogP) is 3.56. The van der Waals surface area contributed by atoms with Crippen LogP contribution in [-0.4, -0.2) is 25.8 Å². The fourth-order valence-electron chi connectivity index (χ4n) is 3.54. The van der Waals surface area contributed by atoms with Gasteiger partial charge in [0.1, 0.15) is 6.61 Å². The monoisotopic (exact) mass is 483 g/mol. The van der Waals surface area contributed by atoms with Crippen LogP contribution >= 0.6 is 0 Å². The Morgan fingerprint density at radius 2 is 1.82 bits per heavy atom. The maximum absolute atomic E-state index is 13.1. The molecule has 0 radical (unpaired) electrons. The number of aryl methyl sites for hydroxylation is 1. The highest BCUT2D eigenvalue weighted by Gasteiger charge is 2.24. The van der Waals surface area contributed by atoms with Gasteiger partial charge in [0.05, 0.1) is 12.2 Å². The number of anilines is 1. The van der Waals surface area contributed by atoms with E-state index >= 15 is 0 Å². The molecule has 0 saturated carbocycles. The van der Waals surface area contributed by atoms with Gasteiger partial charge in [-0.1, -0.05) is 55.5 Å². The third-order valence-electron chi connectivity index (χ3n) is 5.36. The van der Waals surface area contributed by atoms with E-state index in [2.05, 4.69) is 5.32 Å². The molecule has 0 aliphatic heterocycles. The lowest BCUT2D eigenvalue weighted by Gasteiger charge is -2.24. The lowest BCUT2D eigenvalue weighted by molar-refractivity contribution is 0.0938.